The van der Waals surface area contributed by atoms with E-state index in [0.717, 1.165) is 21.0 Å². The number of nitrogens with zero attached hydrogens (tertiary/aromatic N) is 2. The summed E-state index contributed by atoms with van der Waals surface area (Å²) in [6.45, 7) is 4.20. The fraction of sp³-hybridized carbons (Fsp3) is 0.0417. The number of hydrogen-bond donors (Lipinski definition) is 0. The molecular weight excluding hydrogens is 432 g/mol. The van der Waals surface area contributed by atoms with Crippen LogP contribution in [0.1, 0.15) is 10.4 Å². The van der Waals surface area contributed by atoms with Gasteiger partial charge in [0.2, 0.25) is 0 Å². The number of rotatable bonds is 3. The lowest BCUT2D eigenvalue weighted by molar-refractivity contribution is 0.0994. The van der Waals surface area contributed by atoms with Crippen LogP contribution in [0, 0.1) is 0 Å². The third-order valence-electron chi connectivity index (χ3n) is 5.03. The van der Waals surface area contributed by atoms with Crippen molar-refractivity contribution in [3.05, 3.63) is 99.1 Å². The Kier molecular flexibility index (Phi) is 4.81. The maximum atomic E-state index is 13.0. The van der Waals surface area contributed by atoms with Crippen LogP contribution in [0.25, 0.3) is 32.0 Å². The van der Waals surface area contributed by atoms with E-state index in [2.05, 4.69) is 11.6 Å². The van der Waals surface area contributed by atoms with E-state index in [4.69, 9.17) is 16.0 Å². The first-order valence-corrected chi connectivity index (χ1v) is 10.7. The van der Waals surface area contributed by atoms with E-state index in [0.29, 0.717) is 27.3 Å². The van der Waals surface area contributed by atoms with Crippen LogP contribution in [0.2, 0.25) is 5.02 Å². The van der Waals surface area contributed by atoms with E-state index in [1.807, 2.05) is 47.0 Å². The average Bonchev–Trinajstić information content (AvgIpc) is 3.11. The van der Waals surface area contributed by atoms with Crippen molar-refractivity contribution < 1.29 is 9.21 Å². The molecule has 31 heavy (non-hydrogen) atoms. The number of para-hydroxylation sites is 1. The Morgan fingerprint density at radius 3 is 2.81 bits per heavy atom. The number of amides is 1. The second-order valence-corrected chi connectivity index (χ2v) is 8.35. The predicted octanol–water partition coefficient (Wildman–Crippen LogP) is 5.54. The number of hydrogen-bond acceptors (Lipinski definition) is 4. The zero-order valence-electron chi connectivity index (χ0n) is 16.2. The molecule has 0 radical (unpaired) electrons. The number of allylic oxidation sites excluding steroid dienone is 1. The average molecular weight is 447 g/mol. The van der Waals surface area contributed by atoms with Gasteiger partial charge in [-0.25, -0.2) is 4.79 Å². The Morgan fingerprint density at radius 1 is 1.13 bits per heavy atom. The van der Waals surface area contributed by atoms with Crippen LogP contribution < -0.4 is 10.4 Å². The van der Waals surface area contributed by atoms with Gasteiger partial charge in [-0.05, 0) is 35.0 Å². The SMILES string of the molecule is C=CCn1c(=NC(=O)c2cc3c(ccc4ccccc43)oc2=O)sc2cccc(Cl)c21. The first-order chi connectivity index (χ1) is 15.1. The molecule has 5 aromatic rings. The number of fused-ring (bicyclic) bond motifs is 4. The van der Waals surface area contributed by atoms with Gasteiger partial charge in [-0.1, -0.05) is 65.4 Å². The van der Waals surface area contributed by atoms with Gasteiger partial charge in [-0.3, -0.25) is 4.79 Å². The maximum Gasteiger partial charge on any atom is 0.349 e. The Morgan fingerprint density at radius 2 is 1.97 bits per heavy atom. The van der Waals surface area contributed by atoms with Crippen molar-refractivity contribution in [2.45, 2.75) is 6.54 Å². The highest BCUT2D eigenvalue weighted by Crippen LogP contribution is 2.26. The van der Waals surface area contributed by atoms with Gasteiger partial charge in [0, 0.05) is 11.9 Å². The van der Waals surface area contributed by atoms with E-state index in [1.165, 1.54) is 11.3 Å². The zero-order valence-corrected chi connectivity index (χ0v) is 17.7. The van der Waals surface area contributed by atoms with Gasteiger partial charge in [0.1, 0.15) is 11.1 Å². The molecule has 1 amide bonds. The molecule has 0 N–H and O–H groups in total. The number of carbonyl (C=O) groups excluding carboxylic acids is 1. The molecule has 152 valence electrons. The lowest BCUT2D eigenvalue weighted by Gasteiger charge is -2.04. The smallest absolute Gasteiger partial charge is 0.349 e. The number of carbonyl (C=O) groups is 1. The fourth-order valence-corrected chi connectivity index (χ4v) is 5.04. The predicted molar refractivity (Wildman–Crippen MR) is 125 cm³/mol. The van der Waals surface area contributed by atoms with Crippen molar-refractivity contribution in [3.8, 4) is 0 Å². The highest BCUT2D eigenvalue weighted by molar-refractivity contribution is 7.16. The Balaban J connectivity index is 1.73. The minimum atomic E-state index is -0.717. The van der Waals surface area contributed by atoms with Crippen molar-refractivity contribution in [1.29, 1.82) is 0 Å². The molecule has 5 rings (SSSR count). The van der Waals surface area contributed by atoms with Crippen molar-refractivity contribution in [1.82, 2.24) is 4.57 Å². The number of aromatic nitrogens is 1. The Labute approximate surface area is 185 Å². The molecule has 7 heteroatoms. The molecule has 5 nitrogen and oxygen atoms in total. The van der Waals surface area contributed by atoms with Gasteiger partial charge in [0.25, 0.3) is 5.91 Å². The van der Waals surface area contributed by atoms with Crippen LogP contribution in [-0.4, -0.2) is 10.5 Å². The summed E-state index contributed by atoms with van der Waals surface area (Å²) in [5.41, 5.74) is 0.372. The third-order valence-corrected chi connectivity index (χ3v) is 6.38. The van der Waals surface area contributed by atoms with Crippen LogP contribution >= 0.6 is 22.9 Å². The molecule has 0 saturated heterocycles. The van der Waals surface area contributed by atoms with Gasteiger partial charge >= 0.3 is 5.63 Å². The van der Waals surface area contributed by atoms with E-state index in [-0.39, 0.29) is 5.56 Å². The molecule has 0 saturated carbocycles. The summed E-state index contributed by atoms with van der Waals surface area (Å²) < 4.78 is 8.14. The normalized spacial score (nSPS) is 12.1. The van der Waals surface area contributed by atoms with Gasteiger partial charge in [0.05, 0.1) is 15.2 Å². The summed E-state index contributed by atoms with van der Waals surface area (Å²) in [5.74, 6) is -0.663. The van der Waals surface area contributed by atoms with E-state index in [9.17, 15) is 9.59 Å². The van der Waals surface area contributed by atoms with Crippen LogP contribution in [-0.2, 0) is 6.54 Å². The molecule has 0 spiro atoms. The summed E-state index contributed by atoms with van der Waals surface area (Å²) in [4.78, 5) is 30.3. The van der Waals surface area contributed by atoms with Crippen LogP contribution in [0.5, 0.6) is 0 Å². The molecule has 0 aliphatic rings. The summed E-state index contributed by atoms with van der Waals surface area (Å²) in [6.07, 6.45) is 1.70. The van der Waals surface area contributed by atoms with E-state index in [1.54, 1.807) is 24.3 Å². The highest BCUT2D eigenvalue weighted by atomic mass is 35.5. The molecule has 0 atom stereocenters. The summed E-state index contributed by atoms with van der Waals surface area (Å²) in [5, 5.41) is 3.13. The monoisotopic (exact) mass is 446 g/mol. The van der Waals surface area contributed by atoms with Crippen molar-refractivity contribution in [3.63, 3.8) is 0 Å². The van der Waals surface area contributed by atoms with E-state index < -0.39 is 11.5 Å². The van der Waals surface area contributed by atoms with Gasteiger partial charge in [0.15, 0.2) is 4.80 Å². The summed E-state index contributed by atoms with van der Waals surface area (Å²) >= 11 is 7.69. The lowest BCUT2D eigenvalue weighted by Crippen LogP contribution is -2.19. The standard InChI is InChI=1S/C24H15ClN2O3S/c1-2-12-27-21-18(25)8-5-9-20(21)31-24(27)26-22(28)17-13-16-15-7-4-3-6-14(15)10-11-19(16)30-23(17)29/h2-11,13H,1,12H2. The minimum Gasteiger partial charge on any atom is -0.422 e. The molecule has 0 aliphatic heterocycles. The second kappa shape index (κ2) is 7.65. The topological polar surface area (TPSA) is 64.6 Å². The number of benzene rings is 3. The van der Waals surface area contributed by atoms with Crippen LogP contribution in [0.15, 0.2) is 87.5 Å². The van der Waals surface area contributed by atoms with Gasteiger partial charge in [-0.2, -0.15) is 4.99 Å². The van der Waals surface area contributed by atoms with Crippen LogP contribution in [0.3, 0.4) is 0 Å². The molecule has 0 unspecified atom stereocenters. The van der Waals surface area contributed by atoms with Crippen molar-refractivity contribution in [2.24, 2.45) is 4.99 Å². The molecular formula is C24H15ClN2O3S. The first-order valence-electron chi connectivity index (χ1n) is 9.50. The largest absolute Gasteiger partial charge is 0.422 e. The molecule has 2 aromatic heterocycles. The Bertz CT molecular complexity index is 1640. The Hall–Kier alpha value is -3.48. The maximum absolute atomic E-state index is 13.0. The molecule has 3 aromatic carbocycles. The molecule has 0 aliphatic carbocycles. The number of thiazole rings is 1. The van der Waals surface area contributed by atoms with Crippen molar-refractivity contribution >= 4 is 60.8 Å². The first kappa shape index (κ1) is 19.5. The van der Waals surface area contributed by atoms with Crippen molar-refractivity contribution in [2.75, 3.05) is 0 Å². The second-order valence-electron chi connectivity index (χ2n) is 6.93. The highest BCUT2D eigenvalue weighted by Gasteiger charge is 2.16. The third kappa shape index (κ3) is 3.30. The van der Waals surface area contributed by atoms with Gasteiger partial charge in [-0.15, -0.1) is 6.58 Å². The molecule has 2 heterocycles. The summed E-state index contributed by atoms with van der Waals surface area (Å²) in [6, 6.07) is 18.4. The lowest BCUT2D eigenvalue weighted by atomic mass is 10.0. The van der Waals surface area contributed by atoms with Crippen LogP contribution in [0.4, 0.5) is 0 Å². The molecule has 0 fully saturated rings. The van der Waals surface area contributed by atoms with E-state index >= 15 is 0 Å². The fourth-order valence-electron chi connectivity index (χ4n) is 3.64. The summed E-state index contributed by atoms with van der Waals surface area (Å²) in [7, 11) is 0. The quantitative estimate of drug-likeness (QED) is 0.207. The number of halogens is 1. The minimum absolute atomic E-state index is 0.113. The van der Waals surface area contributed by atoms with Gasteiger partial charge < -0.3 is 8.98 Å². The zero-order chi connectivity index (χ0) is 21.5. The molecule has 0 bridgehead atoms.